The molecule has 0 aromatic heterocycles. The SMILES string of the molecule is CCCCCCCOc1cc2c(cc1C(C)=CC=CC(C)=CC(=O)O)C(C)(C)CCS2(=O)=O. The summed E-state index contributed by atoms with van der Waals surface area (Å²) in [6, 6.07) is 3.68. The van der Waals surface area contributed by atoms with E-state index in [1.54, 1.807) is 25.1 Å². The van der Waals surface area contributed by atoms with E-state index in [9.17, 15) is 13.2 Å². The second-order valence-electron chi connectivity index (χ2n) is 9.50. The maximum Gasteiger partial charge on any atom is 0.328 e. The van der Waals surface area contributed by atoms with Crippen molar-refractivity contribution in [1.29, 1.82) is 0 Å². The first-order valence-corrected chi connectivity index (χ1v) is 13.4. The molecule has 0 spiro atoms. The molecule has 5 nitrogen and oxygen atoms in total. The van der Waals surface area contributed by atoms with Crippen LogP contribution >= 0.6 is 0 Å². The highest BCUT2D eigenvalue weighted by molar-refractivity contribution is 7.91. The number of hydrogen-bond acceptors (Lipinski definition) is 4. The Bertz CT molecular complexity index is 1040. The number of carboxylic acids is 1. The number of ether oxygens (including phenoxy) is 1. The third-order valence-electron chi connectivity index (χ3n) is 6.13. The van der Waals surface area contributed by atoms with Gasteiger partial charge in [-0.3, -0.25) is 0 Å². The Kier molecular flexibility index (Phi) is 9.53. The Balaban J connectivity index is 2.42. The molecule has 0 bridgehead atoms. The fourth-order valence-electron chi connectivity index (χ4n) is 3.97. The first-order valence-electron chi connectivity index (χ1n) is 11.8. The Morgan fingerprint density at radius 2 is 1.85 bits per heavy atom. The smallest absolute Gasteiger partial charge is 0.328 e. The van der Waals surface area contributed by atoms with Gasteiger partial charge in [0.15, 0.2) is 9.84 Å². The molecule has 6 heteroatoms. The van der Waals surface area contributed by atoms with Crippen molar-refractivity contribution in [1.82, 2.24) is 0 Å². The van der Waals surface area contributed by atoms with Gasteiger partial charge in [-0.15, -0.1) is 0 Å². The molecule has 1 heterocycles. The van der Waals surface area contributed by atoms with Crippen LogP contribution in [0.5, 0.6) is 5.75 Å². The number of unbranched alkanes of at least 4 members (excludes halogenated alkanes) is 4. The largest absolute Gasteiger partial charge is 0.493 e. The van der Waals surface area contributed by atoms with Crippen LogP contribution in [0.2, 0.25) is 0 Å². The number of sulfone groups is 1. The Labute approximate surface area is 199 Å². The number of hydrogen-bond donors (Lipinski definition) is 1. The van der Waals surface area contributed by atoms with Gasteiger partial charge in [-0.1, -0.05) is 64.7 Å². The van der Waals surface area contributed by atoms with E-state index in [1.165, 1.54) is 19.3 Å². The van der Waals surface area contributed by atoms with Crippen molar-refractivity contribution in [2.45, 2.75) is 83.5 Å². The normalized spacial score (nSPS) is 17.7. The van der Waals surface area contributed by atoms with Crippen LogP contribution in [0.3, 0.4) is 0 Å². The van der Waals surface area contributed by atoms with Crippen molar-refractivity contribution in [3.8, 4) is 5.75 Å². The van der Waals surface area contributed by atoms with Gasteiger partial charge >= 0.3 is 5.97 Å². The predicted molar refractivity (Wildman–Crippen MR) is 135 cm³/mol. The Morgan fingerprint density at radius 3 is 2.52 bits per heavy atom. The lowest BCUT2D eigenvalue weighted by Crippen LogP contribution is -2.30. The molecule has 0 unspecified atom stereocenters. The number of aliphatic carboxylic acids is 1. The summed E-state index contributed by atoms with van der Waals surface area (Å²) in [5.41, 5.74) is 3.02. The molecule has 1 aromatic rings. The van der Waals surface area contributed by atoms with Crippen LogP contribution in [0.1, 0.15) is 84.3 Å². The summed E-state index contributed by atoms with van der Waals surface area (Å²) < 4.78 is 31.8. The van der Waals surface area contributed by atoms with Crippen molar-refractivity contribution in [2.75, 3.05) is 12.4 Å². The topological polar surface area (TPSA) is 80.7 Å². The highest BCUT2D eigenvalue weighted by Gasteiger charge is 2.36. The molecular formula is C27H38O5S. The number of fused-ring (bicyclic) bond motifs is 1. The van der Waals surface area contributed by atoms with Crippen LogP contribution in [-0.4, -0.2) is 31.9 Å². The number of allylic oxidation sites excluding steroid dienone is 5. The third-order valence-corrected chi connectivity index (χ3v) is 7.88. The summed E-state index contributed by atoms with van der Waals surface area (Å²) in [6.07, 6.45) is 12.8. The van der Waals surface area contributed by atoms with Crippen LogP contribution in [0, 0.1) is 0 Å². The second kappa shape index (κ2) is 11.7. The lowest BCUT2D eigenvalue weighted by molar-refractivity contribution is -0.131. The molecule has 0 amide bonds. The van der Waals surface area contributed by atoms with E-state index in [0.717, 1.165) is 35.6 Å². The van der Waals surface area contributed by atoms with Gasteiger partial charge in [0.2, 0.25) is 0 Å². The maximum absolute atomic E-state index is 12.8. The average molecular weight is 475 g/mol. The lowest BCUT2D eigenvalue weighted by atomic mass is 9.80. The fraction of sp³-hybridized carbons (Fsp3) is 0.519. The molecule has 0 fully saturated rings. The first kappa shape index (κ1) is 26.9. The summed E-state index contributed by atoms with van der Waals surface area (Å²) in [5, 5.41) is 8.87. The third kappa shape index (κ3) is 7.60. The molecule has 0 saturated heterocycles. The second-order valence-corrected chi connectivity index (χ2v) is 11.6. The van der Waals surface area contributed by atoms with E-state index < -0.39 is 15.8 Å². The summed E-state index contributed by atoms with van der Waals surface area (Å²) in [4.78, 5) is 11.2. The van der Waals surface area contributed by atoms with Crippen molar-refractivity contribution >= 4 is 21.4 Å². The van der Waals surface area contributed by atoms with Crippen LogP contribution in [0.4, 0.5) is 0 Å². The first-order chi connectivity index (χ1) is 15.5. The van der Waals surface area contributed by atoms with E-state index in [-0.39, 0.29) is 11.2 Å². The molecule has 2 rings (SSSR count). The number of carboxylic acid groups (broad SMARTS) is 1. The van der Waals surface area contributed by atoms with Gasteiger partial charge in [0.05, 0.1) is 17.3 Å². The van der Waals surface area contributed by atoms with Gasteiger partial charge in [-0.2, -0.15) is 0 Å². The van der Waals surface area contributed by atoms with Gasteiger partial charge in [0.1, 0.15) is 5.75 Å². The molecule has 33 heavy (non-hydrogen) atoms. The zero-order chi connectivity index (χ0) is 24.6. The summed E-state index contributed by atoms with van der Waals surface area (Å²) in [7, 11) is -3.34. The fourth-order valence-corrected chi connectivity index (χ4v) is 5.93. The van der Waals surface area contributed by atoms with Crippen molar-refractivity contribution < 1.29 is 23.1 Å². The minimum absolute atomic E-state index is 0.148. The monoisotopic (exact) mass is 474 g/mol. The number of carbonyl (C=O) groups is 1. The van der Waals surface area contributed by atoms with E-state index in [2.05, 4.69) is 20.8 Å². The van der Waals surface area contributed by atoms with E-state index in [0.29, 0.717) is 29.2 Å². The van der Waals surface area contributed by atoms with E-state index >= 15 is 0 Å². The van der Waals surface area contributed by atoms with Crippen LogP contribution in [-0.2, 0) is 20.0 Å². The zero-order valence-corrected chi connectivity index (χ0v) is 21.4. The number of benzene rings is 1. The van der Waals surface area contributed by atoms with Crippen LogP contribution in [0.25, 0.3) is 5.57 Å². The van der Waals surface area contributed by atoms with Crippen molar-refractivity contribution in [3.05, 3.63) is 53.1 Å². The quantitative estimate of drug-likeness (QED) is 0.225. The van der Waals surface area contributed by atoms with E-state index in [1.807, 2.05) is 19.1 Å². The molecule has 1 N–H and O–H groups in total. The highest BCUT2D eigenvalue weighted by Crippen LogP contribution is 2.43. The van der Waals surface area contributed by atoms with Gasteiger partial charge in [-0.25, -0.2) is 13.2 Å². The highest BCUT2D eigenvalue weighted by atomic mass is 32.2. The van der Waals surface area contributed by atoms with E-state index in [4.69, 9.17) is 9.84 Å². The molecule has 0 saturated carbocycles. The summed E-state index contributed by atoms with van der Waals surface area (Å²) in [5.74, 6) is -0.244. The molecular weight excluding hydrogens is 436 g/mol. The van der Waals surface area contributed by atoms with Crippen molar-refractivity contribution in [3.63, 3.8) is 0 Å². The predicted octanol–water partition coefficient (Wildman–Crippen LogP) is 6.48. The molecule has 182 valence electrons. The van der Waals surface area contributed by atoms with Gasteiger partial charge in [-0.05, 0) is 60.9 Å². The van der Waals surface area contributed by atoms with Gasteiger partial charge < -0.3 is 9.84 Å². The van der Waals surface area contributed by atoms with Gasteiger partial charge in [0.25, 0.3) is 0 Å². The van der Waals surface area contributed by atoms with Crippen LogP contribution < -0.4 is 4.74 Å². The summed E-state index contributed by atoms with van der Waals surface area (Å²) in [6.45, 7) is 10.6. The molecule has 0 atom stereocenters. The molecule has 1 aliphatic heterocycles. The standard InChI is InChI=1S/C27H38O5S/c1-6-7-8-9-10-15-32-24-19-25-23(27(4,5)14-16-33(25,30)31)18-22(24)21(3)13-11-12-20(2)17-26(28)29/h11-13,17-19H,6-10,14-16H2,1-5H3,(H,28,29). The Morgan fingerprint density at radius 1 is 1.15 bits per heavy atom. The molecule has 0 aliphatic carbocycles. The average Bonchev–Trinajstić information content (AvgIpc) is 2.73. The van der Waals surface area contributed by atoms with Gasteiger partial charge in [0, 0.05) is 11.6 Å². The van der Waals surface area contributed by atoms with Crippen LogP contribution in [0.15, 0.2) is 46.9 Å². The summed E-state index contributed by atoms with van der Waals surface area (Å²) >= 11 is 0. The van der Waals surface area contributed by atoms with Crippen molar-refractivity contribution in [2.24, 2.45) is 0 Å². The lowest BCUT2D eigenvalue weighted by Gasteiger charge is -2.33. The minimum Gasteiger partial charge on any atom is -0.493 e. The maximum atomic E-state index is 12.8. The Hall–Kier alpha value is -2.34. The zero-order valence-electron chi connectivity index (χ0n) is 20.6. The molecule has 0 radical (unpaired) electrons. The minimum atomic E-state index is -3.34. The molecule has 1 aromatic carbocycles. The number of rotatable bonds is 11. The molecule has 1 aliphatic rings.